The van der Waals surface area contributed by atoms with Crippen molar-refractivity contribution in [3.05, 3.63) is 60.2 Å². The summed E-state index contributed by atoms with van der Waals surface area (Å²) in [4.78, 5) is 17.1. The van der Waals surface area contributed by atoms with Crippen LogP contribution < -0.4 is 15.4 Å². The van der Waals surface area contributed by atoms with E-state index in [2.05, 4.69) is 11.0 Å². The van der Waals surface area contributed by atoms with Crippen LogP contribution in [0.25, 0.3) is 0 Å². The monoisotopic (exact) mass is 425 g/mol. The molecule has 5 nitrogen and oxygen atoms in total. The van der Waals surface area contributed by atoms with Crippen LogP contribution >= 0.6 is 24.8 Å². The molecule has 0 spiro atoms. The zero-order valence-electron chi connectivity index (χ0n) is 16.3. The first kappa shape index (κ1) is 24.1. The molecule has 0 aromatic heterocycles. The van der Waals surface area contributed by atoms with Crippen molar-refractivity contribution in [2.24, 2.45) is 11.7 Å². The van der Waals surface area contributed by atoms with Crippen molar-refractivity contribution in [1.29, 1.82) is 0 Å². The van der Waals surface area contributed by atoms with Crippen molar-refractivity contribution in [3.63, 3.8) is 0 Å². The van der Waals surface area contributed by atoms with E-state index in [9.17, 15) is 4.79 Å². The van der Waals surface area contributed by atoms with E-state index in [0.717, 1.165) is 30.1 Å². The van der Waals surface area contributed by atoms with E-state index in [1.165, 1.54) is 0 Å². The Kier molecular flexibility index (Phi) is 9.59. The zero-order chi connectivity index (χ0) is 18.5. The van der Waals surface area contributed by atoms with Gasteiger partial charge >= 0.3 is 0 Å². The molecule has 1 amide bonds. The second kappa shape index (κ2) is 11.1. The number of halogens is 2. The Morgan fingerprint density at radius 3 is 2.14 bits per heavy atom. The molecule has 1 aliphatic rings. The van der Waals surface area contributed by atoms with Crippen molar-refractivity contribution < 1.29 is 9.53 Å². The first-order valence-electron chi connectivity index (χ1n) is 9.09. The van der Waals surface area contributed by atoms with Gasteiger partial charge < -0.3 is 20.3 Å². The number of rotatable bonds is 5. The van der Waals surface area contributed by atoms with Gasteiger partial charge in [-0.1, -0.05) is 49.4 Å². The third kappa shape index (κ3) is 5.31. The van der Waals surface area contributed by atoms with Gasteiger partial charge in [-0.3, -0.25) is 4.79 Å². The fourth-order valence-corrected chi connectivity index (χ4v) is 3.46. The summed E-state index contributed by atoms with van der Waals surface area (Å²) < 4.78 is 5.45. The standard InChI is InChI=1S/C21H27N3O2.2ClH/c1-16(20(22)17-8-4-3-5-9-17)21(25)24-14-12-23(13-15-24)18-10-6-7-11-19(18)26-2;;/h3-11,16,20H,12-15,22H2,1-2H3;2*1H. The highest BCUT2D eigenvalue weighted by Crippen LogP contribution is 2.29. The van der Waals surface area contributed by atoms with Crippen LogP contribution in [0.3, 0.4) is 0 Å². The largest absolute Gasteiger partial charge is 0.495 e. The second-order valence-electron chi connectivity index (χ2n) is 6.71. The molecule has 0 bridgehead atoms. The molecule has 28 heavy (non-hydrogen) atoms. The van der Waals surface area contributed by atoms with E-state index in [1.54, 1.807) is 7.11 Å². The maximum atomic E-state index is 12.9. The average molecular weight is 426 g/mol. The Bertz CT molecular complexity index is 737. The molecule has 2 aromatic carbocycles. The third-order valence-corrected chi connectivity index (χ3v) is 5.13. The molecule has 0 saturated carbocycles. The van der Waals surface area contributed by atoms with Crippen LogP contribution in [-0.4, -0.2) is 44.1 Å². The zero-order valence-corrected chi connectivity index (χ0v) is 17.9. The molecule has 0 radical (unpaired) electrons. The van der Waals surface area contributed by atoms with Crippen molar-refractivity contribution in [1.82, 2.24) is 4.90 Å². The molecule has 154 valence electrons. The number of hydrogen-bond acceptors (Lipinski definition) is 4. The van der Waals surface area contributed by atoms with Gasteiger partial charge in [0.1, 0.15) is 5.75 Å². The van der Waals surface area contributed by atoms with E-state index in [1.807, 2.05) is 60.4 Å². The molecular weight excluding hydrogens is 397 g/mol. The Hall–Kier alpha value is -1.95. The Morgan fingerprint density at radius 2 is 1.54 bits per heavy atom. The number of methoxy groups -OCH3 is 1. The SMILES string of the molecule is COc1ccccc1N1CCN(C(=O)C(C)C(N)c2ccccc2)CC1.Cl.Cl. The molecule has 2 aromatic rings. The van der Waals surface area contributed by atoms with Gasteiger partial charge in [-0.2, -0.15) is 0 Å². The lowest BCUT2D eigenvalue weighted by Gasteiger charge is -2.38. The van der Waals surface area contributed by atoms with Crippen LogP contribution in [0, 0.1) is 5.92 Å². The van der Waals surface area contributed by atoms with E-state index >= 15 is 0 Å². The van der Waals surface area contributed by atoms with Crippen molar-refractivity contribution in [2.45, 2.75) is 13.0 Å². The van der Waals surface area contributed by atoms with E-state index in [-0.39, 0.29) is 42.7 Å². The molecule has 0 aliphatic carbocycles. The maximum absolute atomic E-state index is 12.9. The number of hydrogen-bond donors (Lipinski definition) is 1. The Morgan fingerprint density at radius 1 is 0.964 bits per heavy atom. The topological polar surface area (TPSA) is 58.8 Å². The van der Waals surface area contributed by atoms with Crippen molar-refractivity contribution >= 4 is 36.4 Å². The van der Waals surface area contributed by atoms with Crippen LogP contribution in [0.4, 0.5) is 5.69 Å². The van der Waals surface area contributed by atoms with Gasteiger partial charge in [0, 0.05) is 32.2 Å². The molecule has 1 heterocycles. The van der Waals surface area contributed by atoms with Gasteiger partial charge in [-0.15, -0.1) is 24.8 Å². The van der Waals surface area contributed by atoms with Crippen molar-refractivity contribution in [2.75, 3.05) is 38.2 Å². The molecule has 2 atom stereocenters. The molecule has 1 fully saturated rings. The maximum Gasteiger partial charge on any atom is 0.227 e. The van der Waals surface area contributed by atoms with Crippen LogP contribution in [-0.2, 0) is 4.79 Å². The molecular formula is C21H29Cl2N3O2. The number of nitrogens with zero attached hydrogens (tertiary/aromatic N) is 2. The predicted octanol–water partition coefficient (Wildman–Crippen LogP) is 3.52. The number of nitrogens with two attached hydrogens (primary N) is 1. The van der Waals surface area contributed by atoms with Crippen LogP contribution in [0.15, 0.2) is 54.6 Å². The highest BCUT2D eigenvalue weighted by atomic mass is 35.5. The third-order valence-electron chi connectivity index (χ3n) is 5.13. The van der Waals surface area contributed by atoms with Crippen LogP contribution in [0.1, 0.15) is 18.5 Å². The fraction of sp³-hybridized carbons (Fsp3) is 0.381. The van der Waals surface area contributed by atoms with Crippen LogP contribution in [0.2, 0.25) is 0 Å². The Balaban J connectivity index is 0.00000196. The molecule has 2 unspecified atom stereocenters. The van der Waals surface area contributed by atoms with E-state index in [0.29, 0.717) is 13.1 Å². The minimum absolute atomic E-state index is 0. The van der Waals surface area contributed by atoms with Gasteiger partial charge in [-0.05, 0) is 17.7 Å². The first-order chi connectivity index (χ1) is 12.6. The highest BCUT2D eigenvalue weighted by molar-refractivity contribution is 5.85. The number of ether oxygens (including phenoxy) is 1. The first-order valence-corrected chi connectivity index (χ1v) is 9.09. The lowest BCUT2D eigenvalue weighted by Crippen LogP contribution is -2.51. The summed E-state index contributed by atoms with van der Waals surface area (Å²) in [6, 6.07) is 17.6. The summed E-state index contributed by atoms with van der Waals surface area (Å²) in [5, 5.41) is 0. The van der Waals surface area contributed by atoms with Gasteiger partial charge in [-0.25, -0.2) is 0 Å². The summed E-state index contributed by atoms with van der Waals surface area (Å²) >= 11 is 0. The van der Waals surface area contributed by atoms with Gasteiger partial charge in [0.15, 0.2) is 0 Å². The van der Waals surface area contributed by atoms with Gasteiger partial charge in [0.25, 0.3) is 0 Å². The van der Waals surface area contributed by atoms with Crippen molar-refractivity contribution in [3.8, 4) is 5.75 Å². The summed E-state index contributed by atoms with van der Waals surface area (Å²) in [7, 11) is 1.69. The number of anilines is 1. The normalized spacial score (nSPS) is 15.7. The molecule has 7 heteroatoms. The molecule has 1 saturated heterocycles. The number of carbonyl (C=O) groups excluding carboxylic acids is 1. The minimum Gasteiger partial charge on any atom is -0.495 e. The average Bonchev–Trinajstić information content (AvgIpc) is 2.73. The molecule has 2 N–H and O–H groups in total. The number of amides is 1. The smallest absolute Gasteiger partial charge is 0.227 e. The lowest BCUT2D eigenvalue weighted by atomic mass is 9.94. The summed E-state index contributed by atoms with van der Waals surface area (Å²) in [6.07, 6.45) is 0. The van der Waals surface area contributed by atoms with Gasteiger partial charge in [0.05, 0.1) is 18.7 Å². The van der Waals surface area contributed by atoms with Gasteiger partial charge in [0.2, 0.25) is 5.91 Å². The summed E-state index contributed by atoms with van der Waals surface area (Å²) in [5.41, 5.74) is 8.41. The predicted molar refractivity (Wildman–Crippen MR) is 119 cm³/mol. The summed E-state index contributed by atoms with van der Waals surface area (Å²) in [6.45, 7) is 4.90. The highest BCUT2D eigenvalue weighted by Gasteiger charge is 2.29. The summed E-state index contributed by atoms with van der Waals surface area (Å²) in [5.74, 6) is 0.753. The number of carbonyl (C=O) groups is 1. The quantitative estimate of drug-likeness (QED) is 0.795. The number of benzene rings is 2. The Labute approximate surface area is 179 Å². The molecule has 1 aliphatic heterocycles. The molecule has 3 rings (SSSR count). The van der Waals surface area contributed by atoms with E-state index in [4.69, 9.17) is 10.5 Å². The van der Waals surface area contributed by atoms with Crippen LogP contribution in [0.5, 0.6) is 5.75 Å². The number of piperazine rings is 1. The minimum atomic E-state index is -0.282. The number of para-hydroxylation sites is 2. The second-order valence-corrected chi connectivity index (χ2v) is 6.71. The van der Waals surface area contributed by atoms with E-state index < -0.39 is 0 Å². The lowest BCUT2D eigenvalue weighted by molar-refractivity contribution is -0.136. The fourth-order valence-electron chi connectivity index (χ4n) is 3.46.